The van der Waals surface area contributed by atoms with Crippen LogP contribution >= 0.6 is 22.9 Å². The molecule has 0 saturated carbocycles. The molecule has 0 spiro atoms. The number of carbonyl (C=O) groups is 1. The summed E-state index contributed by atoms with van der Waals surface area (Å²) in [7, 11) is 0. The van der Waals surface area contributed by atoms with Crippen LogP contribution in [0.1, 0.15) is 9.75 Å². The summed E-state index contributed by atoms with van der Waals surface area (Å²) in [6.07, 6.45) is 0.00508. The van der Waals surface area contributed by atoms with Crippen LogP contribution in [-0.4, -0.2) is 11.1 Å². The lowest BCUT2D eigenvalue weighted by Crippen LogP contribution is -2.00. The number of aliphatic carboxylic acids is 1. The van der Waals surface area contributed by atoms with E-state index in [0.717, 1.165) is 9.75 Å². The van der Waals surface area contributed by atoms with Crippen LogP contribution in [0.5, 0.6) is 0 Å². The second-order valence-corrected chi connectivity index (χ2v) is 5.55. The Labute approximate surface area is 118 Å². The van der Waals surface area contributed by atoms with E-state index in [4.69, 9.17) is 16.7 Å². The summed E-state index contributed by atoms with van der Waals surface area (Å²) in [5.74, 6) is -1.27. The summed E-state index contributed by atoms with van der Waals surface area (Å²) in [5, 5.41) is 11.9. The minimum absolute atomic E-state index is 0.00508. The Morgan fingerprint density at radius 3 is 2.74 bits per heavy atom. The van der Waals surface area contributed by atoms with Crippen LogP contribution in [0.25, 0.3) is 0 Å². The lowest BCUT2D eigenvalue weighted by atomic mass is 10.3. The Bertz CT molecular complexity index is 580. The lowest BCUT2D eigenvalue weighted by molar-refractivity contribution is -0.136. The van der Waals surface area contributed by atoms with Gasteiger partial charge in [-0.25, -0.2) is 4.39 Å². The first kappa shape index (κ1) is 13.8. The Morgan fingerprint density at radius 2 is 2.05 bits per heavy atom. The molecule has 2 rings (SSSR count). The predicted octanol–water partition coefficient (Wildman–Crippen LogP) is 3.78. The van der Waals surface area contributed by atoms with Gasteiger partial charge >= 0.3 is 5.97 Å². The number of anilines is 1. The van der Waals surface area contributed by atoms with Crippen molar-refractivity contribution in [2.75, 3.05) is 5.32 Å². The molecule has 1 heterocycles. The third kappa shape index (κ3) is 3.68. The van der Waals surface area contributed by atoms with Gasteiger partial charge in [-0.3, -0.25) is 4.79 Å². The van der Waals surface area contributed by atoms with Gasteiger partial charge in [0, 0.05) is 16.3 Å². The van der Waals surface area contributed by atoms with Gasteiger partial charge in [0.1, 0.15) is 5.82 Å². The van der Waals surface area contributed by atoms with E-state index in [1.54, 1.807) is 18.2 Å². The van der Waals surface area contributed by atoms with Gasteiger partial charge in [0.15, 0.2) is 0 Å². The first-order chi connectivity index (χ1) is 9.06. The van der Waals surface area contributed by atoms with E-state index in [9.17, 15) is 9.18 Å². The molecule has 1 aromatic heterocycles. The van der Waals surface area contributed by atoms with E-state index < -0.39 is 11.8 Å². The van der Waals surface area contributed by atoms with Crippen molar-refractivity contribution in [3.05, 3.63) is 50.9 Å². The van der Waals surface area contributed by atoms with Gasteiger partial charge < -0.3 is 10.4 Å². The first-order valence-electron chi connectivity index (χ1n) is 5.53. The van der Waals surface area contributed by atoms with E-state index in [1.807, 2.05) is 6.07 Å². The highest BCUT2D eigenvalue weighted by Gasteiger charge is 2.08. The molecule has 0 aliphatic rings. The fraction of sp³-hybridized carbons (Fsp3) is 0.154. The van der Waals surface area contributed by atoms with E-state index in [-0.39, 0.29) is 12.1 Å². The number of hydrogen-bond acceptors (Lipinski definition) is 3. The van der Waals surface area contributed by atoms with Crippen LogP contribution in [0.2, 0.25) is 5.02 Å². The minimum Gasteiger partial charge on any atom is -0.481 e. The zero-order chi connectivity index (χ0) is 13.8. The van der Waals surface area contributed by atoms with Crippen LogP contribution in [-0.2, 0) is 17.8 Å². The van der Waals surface area contributed by atoms with Gasteiger partial charge in [0.05, 0.1) is 17.1 Å². The quantitative estimate of drug-likeness (QED) is 0.883. The molecule has 0 fully saturated rings. The molecular formula is C13H11ClFNO2S. The fourth-order valence-corrected chi connectivity index (χ4v) is 2.78. The topological polar surface area (TPSA) is 49.3 Å². The third-order valence-electron chi connectivity index (χ3n) is 2.44. The fourth-order valence-electron chi connectivity index (χ4n) is 1.60. The molecule has 0 atom stereocenters. The van der Waals surface area contributed by atoms with E-state index in [0.29, 0.717) is 11.6 Å². The number of nitrogens with one attached hydrogen (secondary N) is 1. The molecule has 0 aliphatic carbocycles. The van der Waals surface area contributed by atoms with Crippen molar-refractivity contribution in [1.29, 1.82) is 0 Å². The van der Waals surface area contributed by atoms with Crippen LogP contribution in [0.4, 0.5) is 10.1 Å². The van der Waals surface area contributed by atoms with Crippen molar-refractivity contribution < 1.29 is 14.3 Å². The average molecular weight is 300 g/mol. The maximum absolute atomic E-state index is 13.5. The second-order valence-electron chi connectivity index (χ2n) is 3.89. The van der Waals surface area contributed by atoms with E-state index in [2.05, 4.69) is 5.32 Å². The summed E-state index contributed by atoms with van der Waals surface area (Å²) >= 11 is 7.28. The predicted molar refractivity (Wildman–Crippen MR) is 74.4 cm³/mol. The smallest absolute Gasteiger partial charge is 0.308 e. The summed E-state index contributed by atoms with van der Waals surface area (Å²) < 4.78 is 13.5. The van der Waals surface area contributed by atoms with Crippen molar-refractivity contribution in [2.45, 2.75) is 13.0 Å². The van der Waals surface area contributed by atoms with Crippen LogP contribution < -0.4 is 5.32 Å². The first-order valence-corrected chi connectivity index (χ1v) is 6.73. The number of hydrogen-bond donors (Lipinski definition) is 2. The zero-order valence-electron chi connectivity index (χ0n) is 9.82. The monoisotopic (exact) mass is 299 g/mol. The highest BCUT2D eigenvalue weighted by Crippen LogP contribution is 2.26. The summed E-state index contributed by atoms with van der Waals surface area (Å²) in [5.41, 5.74) is 0.261. The summed E-state index contributed by atoms with van der Waals surface area (Å²) in [4.78, 5) is 12.3. The largest absolute Gasteiger partial charge is 0.481 e. The Hall–Kier alpha value is -1.59. The molecule has 0 radical (unpaired) electrons. The number of halogens is 2. The second kappa shape index (κ2) is 6.04. The Morgan fingerprint density at radius 1 is 1.32 bits per heavy atom. The van der Waals surface area contributed by atoms with Crippen molar-refractivity contribution in [1.82, 2.24) is 0 Å². The number of para-hydroxylation sites is 1. The molecule has 1 aromatic carbocycles. The molecule has 0 aliphatic heterocycles. The van der Waals surface area contributed by atoms with Gasteiger partial charge in [-0.05, 0) is 24.3 Å². The van der Waals surface area contributed by atoms with E-state index in [1.165, 1.54) is 17.4 Å². The maximum Gasteiger partial charge on any atom is 0.308 e. The molecule has 0 amide bonds. The third-order valence-corrected chi connectivity index (χ3v) is 3.85. The summed E-state index contributed by atoms with van der Waals surface area (Å²) in [6.45, 7) is 0.408. The van der Waals surface area contributed by atoms with Crippen LogP contribution in [0, 0.1) is 5.82 Å². The van der Waals surface area contributed by atoms with Gasteiger partial charge in [0.25, 0.3) is 0 Å². The molecule has 0 bridgehead atoms. The number of carboxylic acids is 1. The molecule has 6 heteroatoms. The van der Waals surface area contributed by atoms with Crippen molar-refractivity contribution in [3.8, 4) is 0 Å². The number of carboxylic acid groups (broad SMARTS) is 1. The SMILES string of the molecule is O=C(O)Cc1ccc(CNc2c(F)cccc2Cl)s1. The van der Waals surface area contributed by atoms with Crippen LogP contribution in [0.3, 0.4) is 0 Å². The van der Waals surface area contributed by atoms with Crippen molar-refractivity contribution >= 4 is 34.6 Å². The molecular weight excluding hydrogens is 289 g/mol. The molecule has 0 saturated heterocycles. The Balaban J connectivity index is 2.02. The normalized spacial score (nSPS) is 10.4. The van der Waals surface area contributed by atoms with E-state index >= 15 is 0 Å². The van der Waals surface area contributed by atoms with Gasteiger partial charge in [-0.15, -0.1) is 11.3 Å². The maximum atomic E-state index is 13.5. The zero-order valence-corrected chi connectivity index (χ0v) is 11.4. The standard InChI is InChI=1S/C13H11ClFNO2S/c14-10-2-1-3-11(15)13(10)16-7-9-5-4-8(19-9)6-12(17)18/h1-5,16H,6-7H2,(H,17,18). The van der Waals surface area contributed by atoms with Gasteiger partial charge in [0.2, 0.25) is 0 Å². The molecule has 2 N–H and O–H groups in total. The van der Waals surface area contributed by atoms with Crippen LogP contribution in [0.15, 0.2) is 30.3 Å². The molecule has 100 valence electrons. The number of thiophene rings is 1. The number of rotatable bonds is 5. The minimum atomic E-state index is -0.862. The molecule has 0 unspecified atom stereocenters. The highest BCUT2D eigenvalue weighted by atomic mass is 35.5. The molecule has 3 nitrogen and oxygen atoms in total. The summed E-state index contributed by atoms with van der Waals surface area (Å²) in [6, 6.07) is 8.07. The van der Waals surface area contributed by atoms with Gasteiger partial charge in [-0.2, -0.15) is 0 Å². The lowest BCUT2D eigenvalue weighted by Gasteiger charge is -2.07. The van der Waals surface area contributed by atoms with Gasteiger partial charge in [-0.1, -0.05) is 17.7 Å². The molecule has 19 heavy (non-hydrogen) atoms. The molecule has 2 aromatic rings. The van der Waals surface area contributed by atoms with Crippen molar-refractivity contribution in [3.63, 3.8) is 0 Å². The Kier molecular flexibility index (Phi) is 4.39. The average Bonchev–Trinajstić information content (AvgIpc) is 2.75. The number of benzene rings is 1. The highest BCUT2D eigenvalue weighted by molar-refractivity contribution is 7.12. The van der Waals surface area contributed by atoms with Crippen molar-refractivity contribution in [2.24, 2.45) is 0 Å².